The molecule has 1 saturated carbocycles. The van der Waals surface area contributed by atoms with E-state index in [0.717, 1.165) is 17.3 Å². The van der Waals surface area contributed by atoms with E-state index in [2.05, 4.69) is 15.9 Å². The monoisotopic (exact) mass is 266 g/mol. The minimum absolute atomic E-state index is 0.0197. The third-order valence-electron chi connectivity index (χ3n) is 2.75. The van der Waals surface area contributed by atoms with Crippen LogP contribution in [0.5, 0.6) is 5.75 Å². The molecule has 1 aromatic rings. The van der Waals surface area contributed by atoms with Crippen LogP contribution in [0.3, 0.4) is 0 Å². The van der Waals surface area contributed by atoms with Crippen LogP contribution in [0.15, 0.2) is 16.6 Å². The molecule has 4 heteroatoms. The number of hydrogen-bond acceptors (Lipinski definition) is 3. The zero-order valence-electron chi connectivity index (χ0n) is 8.07. The Labute approximate surface area is 96.6 Å². The van der Waals surface area contributed by atoms with Crippen molar-refractivity contribution in [3.63, 3.8) is 0 Å². The molecule has 1 aliphatic carbocycles. The summed E-state index contributed by atoms with van der Waals surface area (Å²) in [4.78, 5) is 0. The standard InChI is InChI=1S/C11H11BrN2O/c12-8-4-3-7(5-13)11(15)9(8)10(14)6-1-2-6/h3-4,6,10,15H,1-2,14H2/t10-/m0/s1. The van der Waals surface area contributed by atoms with Crippen LogP contribution in [-0.4, -0.2) is 5.11 Å². The lowest BCUT2D eigenvalue weighted by Gasteiger charge is -2.15. The Morgan fingerprint density at radius 2 is 2.20 bits per heavy atom. The van der Waals surface area contributed by atoms with E-state index >= 15 is 0 Å². The van der Waals surface area contributed by atoms with E-state index in [1.165, 1.54) is 0 Å². The fourth-order valence-electron chi connectivity index (χ4n) is 1.68. The van der Waals surface area contributed by atoms with Crippen molar-refractivity contribution in [3.05, 3.63) is 27.7 Å². The summed E-state index contributed by atoms with van der Waals surface area (Å²) in [5, 5.41) is 18.7. The van der Waals surface area contributed by atoms with Crippen molar-refractivity contribution in [2.45, 2.75) is 18.9 Å². The number of hydrogen-bond donors (Lipinski definition) is 2. The molecule has 0 aromatic heterocycles. The van der Waals surface area contributed by atoms with E-state index in [1.54, 1.807) is 12.1 Å². The summed E-state index contributed by atoms with van der Waals surface area (Å²) in [5.41, 5.74) is 6.97. The largest absolute Gasteiger partial charge is 0.506 e. The lowest BCUT2D eigenvalue weighted by molar-refractivity contribution is 0.453. The van der Waals surface area contributed by atoms with Crippen LogP contribution in [-0.2, 0) is 0 Å². The van der Waals surface area contributed by atoms with Crippen molar-refractivity contribution in [1.82, 2.24) is 0 Å². The Kier molecular flexibility index (Phi) is 2.68. The number of nitriles is 1. The Balaban J connectivity index is 2.48. The van der Waals surface area contributed by atoms with E-state index in [9.17, 15) is 5.11 Å². The first-order valence-electron chi connectivity index (χ1n) is 4.82. The van der Waals surface area contributed by atoms with E-state index in [4.69, 9.17) is 11.0 Å². The van der Waals surface area contributed by atoms with Gasteiger partial charge < -0.3 is 10.8 Å². The van der Waals surface area contributed by atoms with Crippen LogP contribution < -0.4 is 5.73 Å². The molecule has 0 radical (unpaired) electrons. The molecule has 1 aliphatic rings. The molecule has 78 valence electrons. The van der Waals surface area contributed by atoms with Crippen molar-refractivity contribution in [2.24, 2.45) is 11.7 Å². The van der Waals surface area contributed by atoms with Gasteiger partial charge in [-0.3, -0.25) is 0 Å². The number of rotatable bonds is 2. The molecule has 1 fully saturated rings. The quantitative estimate of drug-likeness (QED) is 0.864. The maximum Gasteiger partial charge on any atom is 0.139 e. The second-order valence-electron chi connectivity index (χ2n) is 3.83. The summed E-state index contributed by atoms with van der Waals surface area (Å²) < 4.78 is 0.776. The molecular weight excluding hydrogens is 256 g/mol. The SMILES string of the molecule is N#Cc1ccc(Br)c([C@@H](N)C2CC2)c1O. The topological polar surface area (TPSA) is 70.0 Å². The highest BCUT2D eigenvalue weighted by atomic mass is 79.9. The average Bonchev–Trinajstić information content (AvgIpc) is 3.01. The van der Waals surface area contributed by atoms with Crippen molar-refractivity contribution in [2.75, 3.05) is 0 Å². The molecule has 0 unspecified atom stereocenters. The van der Waals surface area contributed by atoms with Crippen LogP contribution >= 0.6 is 15.9 Å². The van der Waals surface area contributed by atoms with E-state index in [0.29, 0.717) is 11.5 Å². The fraction of sp³-hybridized carbons (Fsp3) is 0.364. The molecule has 3 N–H and O–H groups in total. The molecule has 1 atom stereocenters. The summed E-state index contributed by atoms with van der Waals surface area (Å²) in [6.45, 7) is 0. The predicted octanol–water partition coefficient (Wildman–Crippen LogP) is 2.44. The lowest BCUT2D eigenvalue weighted by Crippen LogP contribution is -2.13. The van der Waals surface area contributed by atoms with Crippen LogP contribution in [0.25, 0.3) is 0 Å². The van der Waals surface area contributed by atoms with Gasteiger partial charge in [-0.05, 0) is 30.9 Å². The molecule has 0 saturated heterocycles. The summed E-state index contributed by atoms with van der Waals surface area (Å²) in [6, 6.07) is 5.12. The normalized spacial score (nSPS) is 17.1. The molecule has 15 heavy (non-hydrogen) atoms. The van der Waals surface area contributed by atoms with Gasteiger partial charge in [-0.25, -0.2) is 0 Å². The third kappa shape index (κ3) is 1.85. The second kappa shape index (κ2) is 3.84. The maximum atomic E-state index is 9.88. The number of phenolic OH excluding ortho intramolecular Hbond substituents is 1. The van der Waals surface area contributed by atoms with Gasteiger partial charge in [0.25, 0.3) is 0 Å². The highest BCUT2D eigenvalue weighted by molar-refractivity contribution is 9.10. The molecule has 0 spiro atoms. The first kappa shape index (κ1) is 10.5. The van der Waals surface area contributed by atoms with Crippen LogP contribution in [0.2, 0.25) is 0 Å². The molecule has 3 nitrogen and oxygen atoms in total. The van der Waals surface area contributed by atoms with Crippen molar-refractivity contribution in [3.8, 4) is 11.8 Å². The zero-order chi connectivity index (χ0) is 11.0. The van der Waals surface area contributed by atoms with Crippen LogP contribution in [0, 0.1) is 17.2 Å². The highest BCUT2D eigenvalue weighted by Gasteiger charge is 2.32. The molecule has 1 aromatic carbocycles. The first-order valence-corrected chi connectivity index (χ1v) is 5.61. The Morgan fingerprint density at radius 1 is 1.53 bits per heavy atom. The number of benzene rings is 1. The molecule has 0 aliphatic heterocycles. The zero-order valence-corrected chi connectivity index (χ0v) is 9.66. The molecule has 2 rings (SSSR count). The van der Waals surface area contributed by atoms with Gasteiger partial charge in [0.1, 0.15) is 11.8 Å². The Morgan fingerprint density at radius 3 is 2.73 bits per heavy atom. The van der Waals surface area contributed by atoms with Crippen molar-refractivity contribution in [1.29, 1.82) is 5.26 Å². The predicted molar refractivity (Wildman–Crippen MR) is 60.2 cm³/mol. The van der Waals surface area contributed by atoms with E-state index < -0.39 is 0 Å². The Hall–Kier alpha value is -1.05. The summed E-state index contributed by atoms with van der Waals surface area (Å²) in [7, 11) is 0. The van der Waals surface area contributed by atoms with Crippen LogP contribution in [0.1, 0.15) is 30.0 Å². The van der Waals surface area contributed by atoms with Gasteiger partial charge >= 0.3 is 0 Å². The number of nitrogens with zero attached hydrogens (tertiary/aromatic N) is 1. The second-order valence-corrected chi connectivity index (χ2v) is 4.69. The minimum atomic E-state index is -0.173. The van der Waals surface area contributed by atoms with Crippen LogP contribution in [0.4, 0.5) is 0 Å². The van der Waals surface area contributed by atoms with Gasteiger partial charge in [-0.1, -0.05) is 15.9 Å². The van der Waals surface area contributed by atoms with E-state index in [1.807, 2.05) is 6.07 Å². The number of halogens is 1. The van der Waals surface area contributed by atoms with Gasteiger partial charge in [-0.2, -0.15) is 5.26 Å². The van der Waals surface area contributed by atoms with E-state index in [-0.39, 0.29) is 17.4 Å². The fourth-order valence-corrected chi connectivity index (χ4v) is 2.27. The molecule has 0 amide bonds. The summed E-state index contributed by atoms with van der Waals surface area (Å²) in [5.74, 6) is 0.465. The Bertz CT molecular complexity index is 435. The molecular formula is C11H11BrN2O. The summed E-state index contributed by atoms with van der Waals surface area (Å²) in [6.07, 6.45) is 2.20. The van der Waals surface area contributed by atoms with Crippen molar-refractivity contribution < 1.29 is 5.11 Å². The van der Waals surface area contributed by atoms with Crippen molar-refractivity contribution >= 4 is 15.9 Å². The first-order chi connectivity index (χ1) is 7.15. The van der Waals surface area contributed by atoms with Gasteiger partial charge in [0.2, 0.25) is 0 Å². The maximum absolute atomic E-state index is 9.88. The van der Waals surface area contributed by atoms with Gasteiger partial charge in [0.05, 0.1) is 5.56 Å². The summed E-state index contributed by atoms with van der Waals surface area (Å²) >= 11 is 3.36. The molecule has 0 bridgehead atoms. The highest BCUT2D eigenvalue weighted by Crippen LogP contribution is 2.45. The minimum Gasteiger partial charge on any atom is -0.506 e. The van der Waals surface area contributed by atoms with Gasteiger partial charge in [0, 0.05) is 16.1 Å². The number of phenols is 1. The third-order valence-corrected chi connectivity index (χ3v) is 3.44. The smallest absolute Gasteiger partial charge is 0.139 e. The van der Waals surface area contributed by atoms with Gasteiger partial charge in [-0.15, -0.1) is 0 Å². The lowest BCUT2D eigenvalue weighted by atomic mass is 10.00. The average molecular weight is 267 g/mol. The molecule has 0 heterocycles. The number of aromatic hydroxyl groups is 1. The number of nitrogens with two attached hydrogens (primary N) is 1. The van der Waals surface area contributed by atoms with Gasteiger partial charge in [0.15, 0.2) is 0 Å².